The topological polar surface area (TPSA) is 23.8 Å². The van der Waals surface area contributed by atoms with E-state index in [0.29, 0.717) is 0 Å². The summed E-state index contributed by atoms with van der Waals surface area (Å²) in [6, 6.07) is 2.59. The van der Waals surface area contributed by atoms with Gasteiger partial charge in [0.25, 0.3) is 0 Å². The largest absolute Gasteiger partial charge is 0.198 e. The van der Waals surface area contributed by atoms with E-state index in [0.717, 1.165) is 18.3 Å². The van der Waals surface area contributed by atoms with E-state index >= 15 is 0 Å². The summed E-state index contributed by atoms with van der Waals surface area (Å²) in [7, 11) is 0. The summed E-state index contributed by atoms with van der Waals surface area (Å²) in [4.78, 5) is 0. The molecule has 0 amide bonds. The lowest BCUT2D eigenvalue weighted by atomic mass is 9.65. The first-order chi connectivity index (χ1) is 7.79. The Morgan fingerprint density at radius 2 is 1.56 bits per heavy atom. The maximum absolute atomic E-state index is 9.29. The van der Waals surface area contributed by atoms with Gasteiger partial charge in [0.2, 0.25) is 0 Å². The quantitative estimate of drug-likeness (QED) is 0.661. The average molecular weight is 219 g/mol. The fourth-order valence-electron chi connectivity index (χ4n) is 3.81. The van der Waals surface area contributed by atoms with Gasteiger partial charge in [0.1, 0.15) is 0 Å². The Morgan fingerprint density at radius 3 is 2.06 bits per heavy atom. The van der Waals surface area contributed by atoms with Crippen LogP contribution in [0.3, 0.4) is 0 Å². The highest BCUT2D eigenvalue weighted by atomic mass is 14.4. The highest BCUT2D eigenvalue weighted by Gasteiger charge is 2.36. The van der Waals surface area contributed by atoms with Crippen molar-refractivity contribution in [3.8, 4) is 6.07 Å². The van der Waals surface area contributed by atoms with Crippen LogP contribution in [0, 0.1) is 28.6 Å². The summed E-state index contributed by atoms with van der Waals surface area (Å²) in [5.74, 6) is 1.95. The molecule has 1 nitrogen and oxygen atoms in total. The van der Waals surface area contributed by atoms with Gasteiger partial charge >= 0.3 is 0 Å². The van der Waals surface area contributed by atoms with Crippen molar-refractivity contribution in [2.24, 2.45) is 17.3 Å². The van der Waals surface area contributed by atoms with Crippen molar-refractivity contribution >= 4 is 0 Å². The minimum atomic E-state index is 0.0468. The van der Waals surface area contributed by atoms with Crippen molar-refractivity contribution in [1.82, 2.24) is 0 Å². The summed E-state index contributed by atoms with van der Waals surface area (Å²) in [6.07, 6.45) is 13.4. The van der Waals surface area contributed by atoms with Crippen LogP contribution in [0.2, 0.25) is 0 Å². The Balaban J connectivity index is 1.87. The Labute approximate surface area is 100 Å². The van der Waals surface area contributed by atoms with Gasteiger partial charge < -0.3 is 0 Å². The van der Waals surface area contributed by atoms with Gasteiger partial charge in [-0.1, -0.05) is 39.0 Å². The highest BCUT2D eigenvalue weighted by molar-refractivity contribution is 5.01. The zero-order chi connectivity index (χ0) is 11.4. The third-order valence-corrected chi connectivity index (χ3v) is 5.22. The van der Waals surface area contributed by atoms with Crippen LogP contribution in [-0.2, 0) is 0 Å². The fourth-order valence-corrected chi connectivity index (χ4v) is 3.81. The molecule has 0 unspecified atom stereocenters. The first-order valence-corrected chi connectivity index (χ1v) is 7.21. The minimum absolute atomic E-state index is 0.0468. The van der Waals surface area contributed by atoms with Crippen molar-refractivity contribution in [2.45, 2.75) is 71.1 Å². The van der Waals surface area contributed by atoms with E-state index in [1.807, 2.05) is 0 Å². The molecule has 1 heteroatoms. The molecule has 0 radical (unpaired) electrons. The first-order valence-electron chi connectivity index (χ1n) is 7.21. The van der Waals surface area contributed by atoms with Crippen LogP contribution in [0.1, 0.15) is 71.1 Å². The average Bonchev–Trinajstić information content (AvgIpc) is 2.40. The second kappa shape index (κ2) is 5.21. The molecule has 0 aromatic heterocycles. The monoisotopic (exact) mass is 219 g/mol. The number of hydrogen-bond donors (Lipinski definition) is 0. The molecule has 0 aromatic carbocycles. The molecule has 0 spiro atoms. The van der Waals surface area contributed by atoms with Gasteiger partial charge in [-0.25, -0.2) is 0 Å². The lowest BCUT2D eigenvalue weighted by Gasteiger charge is -2.39. The molecule has 0 N–H and O–H groups in total. The van der Waals surface area contributed by atoms with E-state index in [1.165, 1.54) is 57.8 Å². The predicted molar refractivity (Wildman–Crippen MR) is 66.9 cm³/mol. The van der Waals surface area contributed by atoms with Crippen LogP contribution in [-0.4, -0.2) is 0 Å². The van der Waals surface area contributed by atoms with Gasteiger partial charge in [-0.15, -0.1) is 0 Å². The molecule has 0 aliphatic heterocycles. The summed E-state index contributed by atoms with van der Waals surface area (Å²) < 4.78 is 0. The first kappa shape index (κ1) is 12.0. The van der Waals surface area contributed by atoms with Gasteiger partial charge in [-0.3, -0.25) is 0 Å². The van der Waals surface area contributed by atoms with E-state index < -0.39 is 0 Å². The number of hydrogen-bond acceptors (Lipinski definition) is 1. The second-order valence-corrected chi connectivity index (χ2v) is 5.98. The Kier molecular flexibility index (Phi) is 3.90. The van der Waals surface area contributed by atoms with Crippen molar-refractivity contribution < 1.29 is 0 Å². The van der Waals surface area contributed by atoms with Crippen LogP contribution < -0.4 is 0 Å². The molecule has 2 aliphatic carbocycles. The molecule has 16 heavy (non-hydrogen) atoms. The summed E-state index contributed by atoms with van der Waals surface area (Å²) >= 11 is 0. The van der Waals surface area contributed by atoms with Gasteiger partial charge in [0.05, 0.1) is 11.5 Å². The third-order valence-electron chi connectivity index (χ3n) is 5.22. The molecular formula is C15H25N. The zero-order valence-corrected chi connectivity index (χ0v) is 10.7. The standard InChI is InChI=1S/C15H25N/c1-2-15(12-16)10-8-14(9-11-15)13-6-4-3-5-7-13/h13-14H,2-11H2,1H3/t14-,15+. The van der Waals surface area contributed by atoms with E-state index in [-0.39, 0.29) is 5.41 Å². The van der Waals surface area contributed by atoms with Gasteiger partial charge in [0.15, 0.2) is 0 Å². The predicted octanol–water partition coefficient (Wildman–Crippen LogP) is 4.68. The molecule has 2 aliphatic rings. The molecule has 2 fully saturated rings. The van der Waals surface area contributed by atoms with Crippen LogP contribution in [0.5, 0.6) is 0 Å². The lowest BCUT2D eigenvalue weighted by molar-refractivity contribution is 0.134. The van der Waals surface area contributed by atoms with Gasteiger partial charge in [-0.05, 0) is 43.9 Å². The summed E-state index contributed by atoms with van der Waals surface area (Å²) in [5.41, 5.74) is 0.0468. The molecule has 0 saturated heterocycles. The normalized spacial score (nSPS) is 36.9. The van der Waals surface area contributed by atoms with Crippen LogP contribution in [0.25, 0.3) is 0 Å². The maximum Gasteiger partial charge on any atom is 0.0689 e. The Hall–Kier alpha value is -0.510. The number of nitriles is 1. The van der Waals surface area contributed by atoms with Crippen molar-refractivity contribution in [3.05, 3.63) is 0 Å². The molecule has 2 rings (SSSR count). The van der Waals surface area contributed by atoms with Crippen molar-refractivity contribution in [2.75, 3.05) is 0 Å². The molecule has 0 heterocycles. The minimum Gasteiger partial charge on any atom is -0.198 e. The van der Waals surface area contributed by atoms with Crippen molar-refractivity contribution in [1.29, 1.82) is 5.26 Å². The second-order valence-electron chi connectivity index (χ2n) is 5.98. The molecule has 90 valence electrons. The zero-order valence-electron chi connectivity index (χ0n) is 10.7. The van der Waals surface area contributed by atoms with Crippen LogP contribution in [0.15, 0.2) is 0 Å². The van der Waals surface area contributed by atoms with E-state index in [2.05, 4.69) is 13.0 Å². The smallest absolute Gasteiger partial charge is 0.0689 e. The molecule has 0 bridgehead atoms. The Morgan fingerprint density at radius 1 is 1.00 bits per heavy atom. The molecule has 2 saturated carbocycles. The fraction of sp³-hybridized carbons (Fsp3) is 0.933. The maximum atomic E-state index is 9.29. The van der Waals surface area contributed by atoms with E-state index in [1.54, 1.807) is 0 Å². The number of rotatable bonds is 2. The molecule has 0 aromatic rings. The summed E-state index contributed by atoms with van der Waals surface area (Å²) in [5, 5.41) is 9.29. The molecule has 0 atom stereocenters. The van der Waals surface area contributed by atoms with Crippen LogP contribution >= 0.6 is 0 Å². The van der Waals surface area contributed by atoms with Crippen molar-refractivity contribution in [3.63, 3.8) is 0 Å². The SMILES string of the molecule is CC[C@]1(C#N)CC[C@@H](C2CCCCC2)CC1. The van der Waals surface area contributed by atoms with Gasteiger partial charge in [-0.2, -0.15) is 5.26 Å². The summed E-state index contributed by atoms with van der Waals surface area (Å²) in [6.45, 7) is 2.18. The lowest BCUT2D eigenvalue weighted by Crippen LogP contribution is -2.29. The molecular weight excluding hydrogens is 194 g/mol. The van der Waals surface area contributed by atoms with E-state index in [9.17, 15) is 5.26 Å². The third kappa shape index (κ3) is 2.42. The van der Waals surface area contributed by atoms with Crippen LogP contribution in [0.4, 0.5) is 0 Å². The van der Waals surface area contributed by atoms with E-state index in [4.69, 9.17) is 0 Å². The number of nitrogens with zero attached hydrogens (tertiary/aromatic N) is 1. The highest BCUT2D eigenvalue weighted by Crippen LogP contribution is 2.45. The Bertz CT molecular complexity index is 249. The van der Waals surface area contributed by atoms with Gasteiger partial charge in [0, 0.05) is 0 Å².